The molecule has 1 fully saturated rings. The van der Waals surface area contributed by atoms with Gasteiger partial charge in [0, 0.05) is 43.5 Å². The Kier molecular flexibility index (Phi) is 5.80. The van der Waals surface area contributed by atoms with Crippen LogP contribution in [-0.2, 0) is 0 Å². The molecule has 0 atom stereocenters. The quantitative estimate of drug-likeness (QED) is 0.607. The van der Waals surface area contributed by atoms with Gasteiger partial charge in [0.05, 0.1) is 18.0 Å². The van der Waals surface area contributed by atoms with Gasteiger partial charge in [-0.05, 0) is 66.4 Å². The standard InChI is InChI=1S/C27H27N5O/c1-2-30-13-15-31(16-14-30)27(33)23-9-7-21(8-10-23)24-11-12-26-29-18-25(32(26)19-24)22-5-3-20(17-28)4-6-22/h3,5,7-12,18-19H,2,4,6,13-16H2,1H3. The van der Waals surface area contributed by atoms with Crippen LogP contribution in [-0.4, -0.2) is 57.8 Å². The number of carbonyl (C=O) groups excluding carboxylic acids is 1. The lowest BCUT2D eigenvalue weighted by Crippen LogP contribution is -2.48. The Labute approximate surface area is 194 Å². The number of benzene rings is 1. The molecular formula is C27H27N5O. The molecule has 0 saturated carbocycles. The molecule has 2 aliphatic rings. The number of likely N-dealkylation sites (N-methyl/N-ethyl adjacent to an activating group) is 1. The molecule has 0 spiro atoms. The Morgan fingerprint density at radius 3 is 2.42 bits per heavy atom. The Morgan fingerprint density at radius 1 is 1.00 bits per heavy atom. The van der Waals surface area contributed by atoms with Gasteiger partial charge >= 0.3 is 0 Å². The minimum absolute atomic E-state index is 0.110. The molecule has 1 aliphatic heterocycles. The molecule has 6 nitrogen and oxygen atoms in total. The van der Waals surface area contributed by atoms with E-state index >= 15 is 0 Å². The number of imidazole rings is 1. The zero-order chi connectivity index (χ0) is 22.8. The number of piperazine rings is 1. The van der Waals surface area contributed by atoms with Crippen molar-refractivity contribution in [1.82, 2.24) is 19.2 Å². The van der Waals surface area contributed by atoms with Gasteiger partial charge in [0.15, 0.2) is 0 Å². The number of nitrogens with zero attached hydrogens (tertiary/aromatic N) is 5. The minimum atomic E-state index is 0.110. The minimum Gasteiger partial charge on any atom is -0.336 e. The molecule has 33 heavy (non-hydrogen) atoms. The Balaban J connectivity index is 1.37. The van der Waals surface area contributed by atoms with Gasteiger partial charge in [-0.1, -0.05) is 25.1 Å². The van der Waals surface area contributed by atoms with Gasteiger partial charge in [-0.15, -0.1) is 0 Å². The summed E-state index contributed by atoms with van der Waals surface area (Å²) in [6.45, 7) is 6.66. The number of pyridine rings is 1. The number of allylic oxidation sites excluding steroid dienone is 4. The summed E-state index contributed by atoms with van der Waals surface area (Å²) in [5.41, 5.74) is 6.81. The van der Waals surface area contributed by atoms with E-state index in [4.69, 9.17) is 5.26 Å². The van der Waals surface area contributed by atoms with Crippen LogP contribution in [0.25, 0.3) is 22.3 Å². The van der Waals surface area contributed by atoms with Crippen LogP contribution in [0.1, 0.15) is 35.8 Å². The van der Waals surface area contributed by atoms with E-state index in [9.17, 15) is 4.79 Å². The molecule has 0 radical (unpaired) electrons. The number of rotatable bonds is 4. The van der Waals surface area contributed by atoms with Crippen molar-refractivity contribution in [3.8, 4) is 17.2 Å². The topological polar surface area (TPSA) is 64.6 Å². The van der Waals surface area contributed by atoms with Crippen LogP contribution >= 0.6 is 0 Å². The zero-order valence-electron chi connectivity index (χ0n) is 18.9. The smallest absolute Gasteiger partial charge is 0.253 e. The largest absolute Gasteiger partial charge is 0.336 e. The van der Waals surface area contributed by atoms with Gasteiger partial charge in [0.1, 0.15) is 5.65 Å². The van der Waals surface area contributed by atoms with Crippen LogP contribution in [0.4, 0.5) is 0 Å². The maximum Gasteiger partial charge on any atom is 0.253 e. The van der Waals surface area contributed by atoms with Crippen molar-refractivity contribution in [3.05, 3.63) is 77.8 Å². The van der Waals surface area contributed by atoms with Gasteiger partial charge in [0.25, 0.3) is 5.91 Å². The van der Waals surface area contributed by atoms with Crippen LogP contribution in [0.2, 0.25) is 0 Å². The first-order valence-electron chi connectivity index (χ1n) is 11.6. The molecule has 0 bridgehead atoms. The summed E-state index contributed by atoms with van der Waals surface area (Å²) in [5.74, 6) is 0.110. The summed E-state index contributed by atoms with van der Waals surface area (Å²) in [5, 5.41) is 9.10. The molecule has 2 aromatic heterocycles. The molecule has 3 aromatic rings. The van der Waals surface area contributed by atoms with Gasteiger partial charge < -0.3 is 9.80 Å². The lowest BCUT2D eigenvalue weighted by Gasteiger charge is -2.34. The van der Waals surface area contributed by atoms with E-state index in [0.29, 0.717) is 0 Å². The van der Waals surface area contributed by atoms with E-state index in [1.54, 1.807) is 0 Å². The normalized spacial score (nSPS) is 16.9. The zero-order valence-corrected chi connectivity index (χ0v) is 18.9. The van der Waals surface area contributed by atoms with Crippen LogP contribution in [0.3, 0.4) is 0 Å². The van der Waals surface area contributed by atoms with Crippen LogP contribution in [0, 0.1) is 11.3 Å². The van der Waals surface area contributed by atoms with E-state index in [-0.39, 0.29) is 5.91 Å². The molecule has 5 rings (SSSR count). The number of aromatic nitrogens is 2. The van der Waals surface area contributed by atoms with Crippen molar-refractivity contribution >= 4 is 17.1 Å². The second kappa shape index (κ2) is 9.05. The van der Waals surface area contributed by atoms with Crippen molar-refractivity contribution < 1.29 is 4.79 Å². The lowest BCUT2D eigenvalue weighted by atomic mass is 9.97. The summed E-state index contributed by atoms with van der Waals surface area (Å²) in [7, 11) is 0. The summed E-state index contributed by atoms with van der Waals surface area (Å²) in [6.07, 6.45) is 9.52. The average Bonchev–Trinajstić information content (AvgIpc) is 3.32. The fourth-order valence-corrected chi connectivity index (χ4v) is 4.59. The summed E-state index contributed by atoms with van der Waals surface area (Å²) >= 11 is 0. The second-order valence-corrected chi connectivity index (χ2v) is 8.59. The maximum atomic E-state index is 12.9. The summed E-state index contributed by atoms with van der Waals surface area (Å²) < 4.78 is 2.11. The molecular weight excluding hydrogens is 410 g/mol. The van der Waals surface area contributed by atoms with Crippen molar-refractivity contribution in [2.45, 2.75) is 19.8 Å². The monoisotopic (exact) mass is 437 g/mol. The van der Waals surface area contributed by atoms with Crippen LogP contribution < -0.4 is 0 Å². The number of hydrogen-bond donors (Lipinski definition) is 0. The number of carbonyl (C=O) groups is 1. The second-order valence-electron chi connectivity index (χ2n) is 8.59. The van der Waals surface area contributed by atoms with E-state index < -0.39 is 0 Å². The van der Waals surface area contributed by atoms with E-state index in [1.165, 1.54) is 5.57 Å². The van der Waals surface area contributed by atoms with E-state index in [0.717, 1.165) is 79.2 Å². The SMILES string of the molecule is CCN1CCN(C(=O)c2ccc(-c3ccc4ncc(C5=CC=C(C#N)CC5)n4c3)cc2)CC1. The van der Waals surface area contributed by atoms with Crippen molar-refractivity contribution in [1.29, 1.82) is 5.26 Å². The first-order valence-corrected chi connectivity index (χ1v) is 11.6. The Morgan fingerprint density at radius 2 is 1.76 bits per heavy atom. The highest BCUT2D eigenvalue weighted by molar-refractivity contribution is 5.94. The first-order chi connectivity index (χ1) is 16.2. The average molecular weight is 438 g/mol. The molecule has 6 heteroatoms. The van der Waals surface area contributed by atoms with E-state index in [1.807, 2.05) is 53.6 Å². The molecule has 0 N–H and O–H groups in total. The molecule has 1 saturated heterocycles. The highest BCUT2D eigenvalue weighted by Gasteiger charge is 2.21. The van der Waals surface area contributed by atoms with Crippen molar-refractivity contribution in [3.63, 3.8) is 0 Å². The molecule has 1 aliphatic carbocycles. The Hall–Kier alpha value is -3.69. The molecule has 1 amide bonds. The van der Waals surface area contributed by atoms with Crippen molar-refractivity contribution in [2.75, 3.05) is 32.7 Å². The number of nitriles is 1. The summed E-state index contributed by atoms with van der Waals surface area (Å²) in [6, 6.07) is 14.2. The fraction of sp³-hybridized carbons (Fsp3) is 0.296. The van der Waals surface area contributed by atoms with E-state index in [2.05, 4.69) is 39.5 Å². The number of fused-ring (bicyclic) bond motifs is 1. The highest BCUT2D eigenvalue weighted by atomic mass is 16.2. The fourth-order valence-electron chi connectivity index (χ4n) is 4.59. The third-order valence-corrected chi connectivity index (χ3v) is 6.70. The Bertz CT molecular complexity index is 1280. The first kappa shape index (κ1) is 21.2. The molecule has 0 unspecified atom stereocenters. The maximum absolute atomic E-state index is 12.9. The van der Waals surface area contributed by atoms with Crippen molar-refractivity contribution in [2.24, 2.45) is 0 Å². The predicted octanol–water partition coefficient (Wildman–Crippen LogP) is 4.41. The third-order valence-electron chi connectivity index (χ3n) is 6.70. The van der Waals surface area contributed by atoms with Gasteiger partial charge in [-0.3, -0.25) is 9.20 Å². The number of hydrogen-bond acceptors (Lipinski definition) is 4. The van der Waals surface area contributed by atoms with Gasteiger partial charge in [-0.25, -0.2) is 4.98 Å². The third kappa shape index (κ3) is 4.20. The summed E-state index contributed by atoms with van der Waals surface area (Å²) in [4.78, 5) is 21.8. The lowest BCUT2D eigenvalue weighted by molar-refractivity contribution is 0.0643. The number of amides is 1. The van der Waals surface area contributed by atoms with Crippen LogP contribution in [0.5, 0.6) is 0 Å². The highest BCUT2D eigenvalue weighted by Crippen LogP contribution is 2.29. The molecule has 166 valence electrons. The van der Waals surface area contributed by atoms with Crippen LogP contribution in [0.15, 0.2) is 66.5 Å². The molecule has 3 heterocycles. The van der Waals surface area contributed by atoms with Gasteiger partial charge in [0.2, 0.25) is 0 Å². The molecule has 1 aromatic carbocycles. The predicted molar refractivity (Wildman–Crippen MR) is 130 cm³/mol. The van der Waals surface area contributed by atoms with Gasteiger partial charge in [-0.2, -0.15) is 5.26 Å².